The number of nitrogens with one attached hydrogen (secondary N) is 4. The molecule has 37 heavy (non-hydrogen) atoms. The highest BCUT2D eigenvalue weighted by Crippen LogP contribution is 2.13. The van der Waals surface area contributed by atoms with E-state index < -0.39 is 47.9 Å². The Kier molecular flexibility index (Phi) is 11.3. The number of phenols is 1. The van der Waals surface area contributed by atoms with Crippen LogP contribution in [-0.4, -0.2) is 70.5 Å². The number of aliphatic carboxylic acids is 1. The predicted molar refractivity (Wildman–Crippen MR) is 134 cm³/mol. The number of amides is 4. The van der Waals surface area contributed by atoms with Gasteiger partial charge in [0.2, 0.25) is 23.6 Å². The smallest absolute Gasteiger partial charge is 0.326 e. The number of carbonyl (C=O) groups excluding carboxylic acids is 4. The summed E-state index contributed by atoms with van der Waals surface area (Å²) in [4.78, 5) is 62.0. The van der Waals surface area contributed by atoms with E-state index >= 15 is 0 Å². The third-order valence-electron chi connectivity index (χ3n) is 6.02. The fraction of sp³-hybridized carbons (Fsp3) is 0.560. The monoisotopic (exact) mass is 519 g/mol. The molecular formula is C25H37N5O7. The summed E-state index contributed by atoms with van der Waals surface area (Å²) in [7, 11) is 0. The molecule has 0 radical (unpaired) electrons. The van der Waals surface area contributed by atoms with Crippen molar-refractivity contribution in [1.29, 1.82) is 0 Å². The molecule has 1 aromatic carbocycles. The summed E-state index contributed by atoms with van der Waals surface area (Å²) in [6, 6.07) is 2.17. The number of aromatic hydroxyl groups is 1. The molecule has 1 aromatic rings. The Labute approximate surface area is 215 Å². The van der Waals surface area contributed by atoms with Gasteiger partial charge in [-0.05, 0) is 55.8 Å². The lowest BCUT2D eigenvalue weighted by molar-refractivity contribution is -0.143. The molecule has 0 unspecified atom stereocenters. The van der Waals surface area contributed by atoms with Crippen LogP contribution in [0.2, 0.25) is 0 Å². The number of hydrogen-bond donors (Lipinski definition) is 7. The number of carboxylic acids is 1. The van der Waals surface area contributed by atoms with Crippen LogP contribution in [0.4, 0.5) is 0 Å². The van der Waals surface area contributed by atoms with Gasteiger partial charge in [0, 0.05) is 12.8 Å². The topological polar surface area (TPSA) is 200 Å². The van der Waals surface area contributed by atoms with Crippen LogP contribution in [0.3, 0.4) is 0 Å². The Bertz CT molecular complexity index is 961. The van der Waals surface area contributed by atoms with Crippen LogP contribution in [0.25, 0.3) is 0 Å². The van der Waals surface area contributed by atoms with Crippen molar-refractivity contribution in [2.75, 3.05) is 6.54 Å². The van der Waals surface area contributed by atoms with Crippen LogP contribution in [0.5, 0.6) is 5.75 Å². The maximum Gasteiger partial charge on any atom is 0.326 e. The number of rotatable bonds is 14. The second kappa shape index (κ2) is 14.2. The van der Waals surface area contributed by atoms with Crippen LogP contribution in [0.15, 0.2) is 24.3 Å². The van der Waals surface area contributed by atoms with Gasteiger partial charge in [-0.1, -0.05) is 26.0 Å². The summed E-state index contributed by atoms with van der Waals surface area (Å²) in [5.41, 5.74) is 5.89. The zero-order valence-corrected chi connectivity index (χ0v) is 21.2. The van der Waals surface area contributed by atoms with Crippen LogP contribution >= 0.6 is 0 Å². The van der Waals surface area contributed by atoms with Gasteiger partial charge in [-0.2, -0.15) is 0 Å². The Morgan fingerprint density at radius 2 is 1.62 bits per heavy atom. The van der Waals surface area contributed by atoms with Crippen molar-refractivity contribution in [3.8, 4) is 5.75 Å². The molecule has 1 aliphatic heterocycles. The Morgan fingerprint density at radius 3 is 2.16 bits per heavy atom. The van der Waals surface area contributed by atoms with E-state index in [0.717, 1.165) is 6.42 Å². The first-order valence-corrected chi connectivity index (χ1v) is 12.4. The molecule has 0 bridgehead atoms. The van der Waals surface area contributed by atoms with E-state index in [1.807, 2.05) is 13.8 Å². The first kappa shape index (κ1) is 29.6. The summed E-state index contributed by atoms with van der Waals surface area (Å²) in [6.07, 6.45) is 1.32. The van der Waals surface area contributed by atoms with Gasteiger partial charge in [-0.15, -0.1) is 0 Å². The fourth-order valence-corrected chi connectivity index (χ4v) is 4.05. The van der Waals surface area contributed by atoms with Gasteiger partial charge in [0.05, 0.1) is 6.04 Å². The van der Waals surface area contributed by atoms with Crippen molar-refractivity contribution >= 4 is 29.6 Å². The average Bonchev–Trinajstić information content (AvgIpc) is 3.36. The molecule has 12 heteroatoms. The number of carbonyl (C=O) groups is 5. The molecule has 4 atom stereocenters. The highest BCUT2D eigenvalue weighted by molar-refractivity contribution is 5.94. The van der Waals surface area contributed by atoms with Crippen LogP contribution in [0.1, 0.15) is 51.5 Å². The summed E-state index contributed by atoms with van der Waals surface area (Å²) in [6.45, 7) is 4.30. The summed E-state index contributed by atoms with van der Waals surface area (Å²) in [5, 5.41) is 29.8. The molecule has 4 amide bonds. The van der Waals surface area contributed by atoms with Gasteiger partial charge in [0.1, 0.15) is 23.9 Å². The zero-order valence-electron chi connectivity index (χ0n) is 21.2. The van der Waals surface area contributed by atoms with Crippen LogP contribution in [-0.2, 0) is 30.4 Å². The summed E-state index contributed by atoms with van der Waals surface area (Å²) < 4.78 is 0. The molecule has 1 heterocycles. The average molecular weight is 520 g/mol. The molecule has 0 aliphatic carbocycles. The fourth-order valence-electron chi connectivity index (χ4n) is 4.05. The number of primary amides is 1. The Balaban J connectivity index is 2.21. The van der Waals surface area contributed by atoms with Gasteiger partial charge in [-0.3, -0.25) is 19.2 Å². The quantitative estimate of drug-likeness (QED) is 0.171. The summed E-state index contributed by atoms with van der Waals surface area (Å²) in [5.74, 6) is -3.70. The minimum Gasteiger partial charge on any atom is -0.508 e. The molecular weight excluding hydrogens is 482 g/mol. The molecule has 0 spiro atoms. The molecule has 204 valence electrons. The normalized spacial score (nSPS) is 17.4. The predicted octanol–water partition coefficient (Wildman–Crippen LogP) is -0.463. The molecule has 1 fully saturated rings. The van der Waals surface area contributed by atoms with Crippen molar-refractivity contribution in [3.05, 3.63) is 29.8 Å². The Morgan fingerprint density at radius 1 is 1.00 bits per heavy atom. The van der Waals surface area contributed by atoms with E-state index in [1.165, 1.54) is 12.1 Å². The SMILES string of the molecule is CC(C)C[C@H](NC(=O)[C@H](CCC(N)=O)NC(=O)[C@H](Cc1ccc(O)cc1)NC(=O)[C@@H]1CCCN1)C(=O)O. The second-order valence-electron chi connectivity index (χ2n) is 9.68. The van der Waals surface area contributed by atoms with E-state index in [1.54, 1.807) is 12.1 Å². The molecule has 12 nitrogen and oxygen atoms in total. The molecule has 2 rings (SSSR count). The second-order valence-corrected chi connectivity index (χ2v) is 9.68. The van der Waals surface area contributed by atoms with Gasteiger partial charge >= 0.3 is 5.97 Å². The lowest BCUT2D eigenvalue weighted by atomic mass is 10.0. The maximum absolute atomic E-state index is 13.3. The van der Waals surface area contributed by atoms with Crippen molar-refractivity contribution in [2.24, 2.45) is 11.7 Å². The third-order valence-corrected chi connectivity index (χ3v) is 6.02. The maximum atomic E-state index is 13.3. The first-order valence-electron chi connectivity index (χ1n) is 12.4. The molecule has 1 aliphatic rings. The van der Waals surface area contributed by atoms with Crippen molar-refractivity contribution in [2.45, 2.75) is 76.5 Å². The van der Waals surface area contributed by atoms with Crippen molar-refractivity contribution in [3.63, 3.8) is 0 Å². The lowest BCUT2D eigenvalue weighted by Crippen LogP contribution is -2.57. The molecule has 8 N–H and O–H groups in total. The van der Waals surface area contributed by atoms with E-state index in [9.17, 15) is 34.2 Å². The minimum absolute atomic E-state index is 0.0193. The number of benzene rings is 1. The van der Waals surface area contributed by atoms with Gasteiger partial charge in [-0.25, -0.2) is 4.79 Å². The number of hydrogen-bond acceptors (Lipinski definition) is 7. The molecule has 0 saturated carbocycles. The molecule has 0 aromatic heterocycles. The Hall–Kier alpha value is -3.67. The third kappa shape index (κ3) is 10.1. The number of nitrogens with two attached hydrogens (primary N) is 1. The van der Waals surface area contributed by atoms with Gasteiger partial charge < -0.3 is 37.2 Å². The van der Waals surface area contributed by atoms with Crippen LogP contribution in [0, 0.1) is 5.92 Å². The minimum atomic E-state index is -1.25. The van der Waals surface area contributed by atoms with E-state index in [2.05, 4.69) is 21.3 Å². The number of carboxylic acid groups (broad SMARTS) is 1. The highest BCUT2D eigenvalue weighted by Gasteiger charge is 2.32. The number of phenolic OH excluding ortho intramolecular Hbond substituents is 1. The van der Waals surface area contributed by atoms with Crippen molar-refractivity contribution in [1.82, 2.24) is 21.3 Å². The largest absolute Gasteiger partial charge is 0.508 e. The van der Waals surface area contributed by atoms with Crippen molar-refractivity contribution < 1.29 is 34.2 Å². The van der Waals surface area contributed by atoms with E-state index in [-0.39, 0.29) is 43.3 Å². The van der Waals surface area contributed by atoms with Gasteiger partial charge in [0.25, 0.3) is 0 Å². The summed E-state index contributed by atoms with van der Waals surface area (Å²) >= 11 is 0. The van der Waals surface area contributed by atoms with Crippen LogP contribution < -0.4 is 27.0 Å². The lowest BCUT2D eigenvalue weighted by Gasteiger charge is -2.25. The zero-order chi connectivity index (χ0) is 27.5. The molecule has 1 saturated heterocycles. The first-order chi connectivity index (χ1) is 17.5. The highest BCUT2D eigenvalue weighted by atomic mass is 16.4. The van der Waals surface area contributed by atoms with E-state index in [4.69, 9.17) is 5.73 Å². The standard InChI is InChI=1S/C25H37N5O7/c1-14(2)12-20(25(36)37)30-23(34)18(9-10-21(26)32)28-24(35)19(13-15-5-7-16(31)8-6-15)29-22(33)17-4-3-11-27-17/h5-8,14,17-20,27,31H,3-4,9-13H2,1-2H3,(H2,26,32)(H,28,35)(H,29,33)(H,30,34)(H,36,37)/t17-,18-,19-,20-/m0/s1. The van der Waals surface area contributed by atoms with Gasteiger partial charge in [0.15, 0.2) is 0 Å². The van der Waals surface area contributed by atoms with E-state index in [0.29, 0.717) is 18.5 Å².